The van der Waals surface area contributed by atoms with Gasteiger partial charge in [0.2, 0.25) is 0 Å². The van der Waals surface area contributed by atoms with Gasteiger partial charge in [-0.25, -0.2) is 15.0 Å². The summed E-state index contributed by atoms with van der Waals surface area (Å²) in [5.41, 5.74) is 9.16. The lowest BCUT2D eigenvalue weighted by molar-refractivity contribution is 0.224. The minimum Gasteiger partial charge on any atom is -0.383 e. The summed E-state index contributed by atoms with van der Waals surface area (Å²) in [5.74, 6) is 1.89. The number of thiophene rings is 1. The van der Waals surface area contributed by atoms with Gasteiger partial charge in [0.25, 0.3) is 0 Å². The van der Waals surface area contributed by atoms with Gasteiger partial charge in [0, 0.05) is 35.3 Å². The van der Waals surface area contributed by atoms with Gasteiger partial charge in [0.15, 0.2) is 5.82 Å². The lowest BCUT2D eigenvalue weighted by Crippen LogP contribution is -2.21. The number of hydrogen-bond donors (Lipinski definition) is 2. The number of nitrogens with two attached hydrogens (primary N) is 1. The number of aliphatic hydroxyl groups is 1. The first kappa shape index (κ1) is 19.0. The summed E-state index contributed by atoms with van der Waals surface area (Å²) in [6.07, 6.45) is 3.31. The van der Waals surface area contributed by atoms with Crippen LogP contribution in [0.25, 0.3) is 21.6 Å². The smallest absolute Gasteiger partial charge is 0.163 e. The third-order valence-electron chi connectivity index (χ3n) is 5.50. The Morgan fingerprint density at radius 2 is 1.93 bits per heavy atom. The minimum atomic E-state index is -0.782. The van der Waals surface area contributed by atoms with Crippen LogP contribution in [-0.4, -0.2) is 33.1 Å². The van der Waals surface area contributed by atoms with Crippen molar-refractivity contribution in [3.05, 3.63) is 64.7 Å². The average Bonchev–Trinajstić information content (AvgIpc) is 3.43. The highest BCUT2D eigenvalue weighted by atomic mass is 32.1. The molecule has 1 fully saturated rings. The van der Waals surface area contributed by atoms with E-state index in [4.69, 9.17) is 10.7 Å². The number of aromatic nitrogens is 3. The SMILES string of the molecule is Cc1cccc(-c2nc(N)c3cc(C(O)c4cccnc4N4CCCC4)sc3n2)c1. The van der Waals surface area contributed by atoms with E-state index in [0.29, 0.717) is 11.6 Å². The molecule has 0 amide bonds. The molecule has 1 atom stereocenters. The van der Waals surface area contributed by atoms with Gasteiger partial charge in [-0.05, 0) is 38.0 Å². The third-order valence-corrected chi connectivity index (χ3v) is 6.59. The Morgan fingerprint density at radius 1 is 1.10 bits per heavy atom. The number of pyridine rings is 1. The predicted octanol–water partition coefficient (Wildman–Crippen LogP) is 4.33. The van der Waals surface area contributed by atoms with Gasteiger partial charge in [-0.2, -0.15) is 0 Å². The maximum atomic E-state index is 11.2. The molecule has 6 nitrogen and oxygen atoms in total. The standard InChI is InChI=1S/C23H23N5OS/c1-14-6-4-7-15(12-14)21-26-20(24)17-13-18(30-23(17)27-21)19(29)16-8-5-9-25-22(16)28-10-2-3-11-28/h4-9,12-13,19,29H,2-3,10-11H2,1H3,(H2,24,26,27). The molecule has 5 rings (SSSR count). The molecule has 0 aliphatic carbocycles. The molecule has 0 saturated carbocycles. The normalized spacial score (nSPS) is 15.1. The molecule has 3 aromatic heterocycles. The number of rotatable bonds is 4. The fourth-order valence-electron chi connectivity index (χ4n) is 3.98. The van der Waals surface area contributed by atoms with Gasteiger partial charge >= 0.3 is 0 Å². The maximum Gasteiger partial charge on any atom is 0.163 e. The van der Waals surface area contributed by atoms with Crippen molar-refractivity contribution in [1.29, 1.82) is 0 Å². The van der Waals surface area contributed by atoms with Crippen LogP contribution in [0.2, 0.25) is 0 Å². The molecule has 4 aromatic rings. The second-order valence-corrected chi connectivity index (χ2v) is 8.74. The zero-order valence-electron chi connectivity index (χ0n) is 16.7. The number of fused-ring (bicyclic) bond motifs is 1. The molecule has 0 bridgehead atoms. The Labute approximate surface area is 179 Å². The predicted molar refractivity (Wildman–Crippen MR) is 122 cm³/mol. The molecule has 7 heteroatoms. The largest absolute Gasteiger partial charge is 0.383 e. The van der Waals surface area contributed by atoms with Crippen LogP contribution in [-0.2, 0) is 0 Å². The molecule has 1 saturated heterocycles. The van der Waals surface area contributed by atoms with Crippen molar-refractivity contribution in [2.45, 2.75) is 25.9 Å². The van der Waals surface area contributed by atoms with Crippen LogP contribution in [0.5, 0.6) is 0 Å². The Kier molecular flexibility index (Phi) is 4.84. The first-order chi connectivity index (χ1) is 14.6. The van der Waals surface area contributed by atoms with Crippen LogP contribution in [0.15, 0.2) is 48.7 Å². The van der Waals surface area contributed by atoms with Gasteiger partial charge in [-0.1, -0.05) is 29.8 Å². The molecule has 1 unspecified atom stereocenters. The van der Waals surface area contributed by atoms with Crippen molar-refractivity contribution in [3.63, 3.8) is 0 Å². The van der Waals surface area contributed by atoms with Crippen molar-refractivity contribution in [2.75, 3.05) is 23.7 Å². The van der Waals surface area contributed by atoms with Crippen molar-refractivity contribution in [1.82, 2.24) is 15.0 Å². The molecule has 0 radical (unpaired) electrons. The molecule has 0 spiro atoms. The summed E-state index contributed by atoms with van der Waals surface area (Å²) in [7, 11) is 0. The fraction of sp³-hybridized carbons (Fsp3) is 0.261. The number of aliphatic hydroxyl groups excluding tert-OH is 1. The quantitative estimate of drug-likeness (QED) is 0.514. The Bertz CT molecular complexity index is 1220. The third kappa shape index (κ3) is 3.40. The van der Waals surface area contributed by atoms with E-state index in [0.717, 1.165) is 63.5 Å². The van der Waals surface area contributed by atoms with Crippen LogP contribution in [0.4, 0.5) is 11.6 Å². The van der Waals surface area contributed by atoms with Gasteiger partial charge in [-0.3, -0.25) is 0 Å². The molecular formula is C23H23N5OS. The van der Waals surface area contributed by atoms with E-state index in [1.807, 2.05) is 49.4 Å². The number of anilines is 2. The molecule has 152 valence electrons. The Morgan fingerprint density at radius 3 is 2.73 bits per heavy atom. The van der Waals surface area contributed by atoms with Crippen molar-refractivity contribution >= 4 is 33.2 Å². The fourth-order valence-corrected chi connectivity index (χ4v) is 5.02. The zero-order chi connectivity index (χ0) is 20.7. The van der Waals surface area contributed by atoms with Crippen molar-refractivity contribution < 1.29 is 5.11 Å². The number of hydrogen-bond acceptors (Lipinski definition) is 7. The summed E-state index contributed by atoms with van der Waals surface area (Å²) in [4.78, 5) is 17.6. The van der Waals surface area contributed by atoms with Crippen LogP contribution >= 0.6 is 11.3 Å². The van der Waals surface area contributed by atoms with Gasteiger partial charge in [-0.15, -0.1) is 11.3 Å². The second kappa shape index (κ2) is 7.66. The topological polar surface area (TPSA) is 88.2 Å². The van der Waals surface area contributed by atoms with E-state index in [2.05, 4.69) is 14.9 Å². The van der Waals surface area contributed by atoms with Crippen molar-refractivity contribution in [2.24, 2.45) is 0 Å². The van der Waals surface area contributed by atoms with E-state index in [1.54, 1.807) is 6.20 Å². The second-order valence-electron chi connectivity index (χ2n) is 7.68. The number of nitrogens with zero attached hydrogens (tertiary/aromatic N) is 4. The Hall–Kier alpha value is -3.03. The van der Waals surface area contributed by atoms with Crippen LogP contribution < -0.4 is 10.6 Å². The van der Waals surface area contributed by atoms with Crippen LogP contribution in [0.1, 0.15) is 34.9 Å². The highest BCUT2D eigenvalue weighted by Gasteiger charge is 2.24. The summed E-state index contributed by atoms with van der Waals surface area (Å²) in [6.45, 7) is 3.99. The molecule has 1 aliphatic rings. The minimum absolute atomic E-state index is 0.428. The van der Waals surface area contributed by atoms with Crippen LogP contribution in [0, 0.1) is 6.92 Å². The molecule has 30 heavy (non-hydrogen) atoms. The van der Waals surface area contributed by atoms with E-state index in [-0.39, 0.29) is 0 Å². The monoisotopic (exact) mass is 417 g/mol. The maximum absolute atomic E-state index is 11.2. The average molecular weight is 418 g/mol. The molecular weight excluding hydrogens is 394 g/mol. The summed E-state index contributed by atoms with van der Waals surface area (Å²) < 4.78 is 0. The lowest BCUT2D eigenvalue weighted by Gasteiger charge is -2.21. The zero-order valence-corrected chi connectivity index (χ0v) is 17.6. The molecule has 3 N–H and O–H groups in total. The van der Waals surface area contributed by atoms with Crippen LogP contribution in [0.3, 0.4) is 0 Å². The molecule has 1 aromatic carbocycles. The summed E-state index contributed by atoms with van der Waals surface area (Å²) >= 11 is 1.45. The van der Waals surface area contributed by atoms with E-state index < -0.39 is 6.10 Å². The number of benzene rings is 1. The highest BCUT2D eigenvalue weighted by Crippen LogP contribution is 2.38. The van der Waals surface area contributed by atoms with Crippen molar-refractivity contribution in [3.8, 4) is 11.4 Å². The van der Waals surface area contributed by atoms with Gasteiger partial charge in [0.05, 0.1) is 5.39 Å². The van der Waals surface area contributed by atoms with E-state index in [1.165, 1.54) is 11.3 Å². The Balaban J connectivity index is 1.55. The highest BCUT2D eigenvalue weighted by molar-refractivity contribution is 7.18. The first-order valence-corrected chi connectivity index (χ1v) is 10.9. The summed E-state index contributed by atoms with van der Waals surface area (Å²) in [6, 6.07) is 13.8. The van der Waals surface area contributed by atoms with Gasteiger partial charge < -0.3 is 15.7 Å². The van der Waals surface area contributed by atoms with E-state index in [9.17, 15) is 5.11 Å². The van der Waals surface area contributed by atoms with Gasteiger partial charge in [0.1, 0.15) is 22.6 Å². The first-order valence-electron chi connectivity index (χ1n) is 10.1. The van der Waals surface area contributed by atoms with E-state index >= 15 is 0 Å². The lowest BCUT2D eigenvalue weighted by atomic mass is 10.1. The number of nitrogen functional groups attached to an aromatic ring is 1. The molecule has 1 aliphatic heterocycles. The summed E-state index contributed by atoms with van der Waals surface area (Å²) in [5, 5.41) is 12.0. The molecule has 4 heterocycles. The number of aryl methyl sites for hydroxylation is 1.